The first-order valence-corrected chi connectivity index (χ1v) is 5.65. The standard InChI is InChI=1S/C13H18O/c1-11(2)8-13-7-5-10(14)12(13,3)6-4-9(11)13/h4,6,9H,5,7-8H2,1-3H3. The van der Waals surface area contributed by atoms with Crippen LogP contribution in [0.2, 0.25) is 0 Å². The van der Waals surface area contributed by atoms with Gasteiger partial charge >= 0.3 is 0 Å². The first-order chi connectivity index (χ1) is 6.42. The molecule has 3 unspecified atom stereocenters. The van der Waals surface area contributed by atoms with Gasteiger partial charge in [-0.15, -0.1) is 0 Å². The third-order valence-electron chi connectivity index (χ3n) is 5.24. The Balaban J connectivity index is 2.09. The van der Waals surface area contributed by atoms with E-state index in [-0.39, 0.29) is 5.41 Å². The summed E-state index contributed by atoms with van der Waals surface area (Å²) in [4.78, 5) is 11.9. The smallest absolute Gasteiger partial charge is 0.143 e. The summed E-state index contributed by atoms with van der Waals surface area (Å²) in [6, 6.07) is 0. The number of Topliss-reactive ketones (excluding diaryl/α,β-unsaturated/α-hetero) is 1. The van der Waals surface area contributed by atoms with E-state index in [1.54, 1.807) is 0 Å². The lowest BCUT2D eigenvalue weighted by Crippen LogP contribution is -2.55. The first kappa shape index (κ1) is 8.70. The Morgan fingerprint density at radius 3 is 2.71 bits per heavy atom. The molecule has 0 aromatic heterocycles. The second kappa shape index (κ2) is 2.00. The number of carbonyl (C=O) groups is 1. The molecule has 1 heteroatoms. The van der Waals surface area contributed by atoms with Crippen molar-refractivity contribution in [2.45, 2.75) is 40.0 Å². The topological polar surface area (TPSA) is 17.1 Å². The van der Waals surface area contributed by atoms with E-state index in [1.165, 1.54) is 6.42 Å². The van der Waals surface area contributed by atoms with E-state index in [4.69, 9.17) is 0 Å². The number of hydrogen-bond acceptors (Lipinski definition) is 1. The van der Waals surface area contributed by atoms with Gasteiger partial charge < -0.3 is 0 Å². The van der Waals surface area contributed by atoms with Crippen LogP contribution in [0.25, 0.3) is 0 Å². The highest BCUT2D eigenvalue weighted by molar-refractivity contribution is 5.91. The fourth-order valence-corrected chi connectivity index (χ4v) is 4.53. The third kappa shape index (κ3) is 0.627. The number of carbonyl (C=O) groups excluding carboxylic acids is 1. The van der Waals surface area contributed by atoms with Gasteiger partial charge in [0.25, 0.3) is 0 Å². The zero-order valence-corrected chi connectivity index (χ0v) is 9.26. The number of ketones is 1. The molecule has 0 aromatic rings. The van der Waals surface area contributed by atoms with Gasteiger partial charge in [0, 0.05) is 6.42 Å². The van der Waals surface area contributed by atoms with Crippen LogP contribution < -0.4 is 0 Å². The molecule has 0 N–H and O–H groups in total. The largest absolute Gasteiger partial charge is 0.299 e. The molecule has 2 saturated carbocycles. The van der Waals surface area contributed by atoms with Gasteiger partial charge in [-0.05, 0) is 36.5 Å². The molecule has 2 fully saturated rings. The lowest BCUT2D eigenvalue weighted by Gasteiger charge is -2.60. The van der Waals surface area contributed by atoms with Crippen molar-refractivity contribution in [1.29, 1.82) is 0 Å². The van der Waals surface area contributed by atoms with Crippen molar-refractivity contribution in [1.82, 2.24) is 0 Å². The zero-order valence-electron chi connectivity index (χ0n) is 9.26. The molecule has 0 amide bonds. The van der Waals surface area contributed by atoms with Crippen LogP contribution in [0.3, 0.4) is 0 Å². The zero-order chi connectivity index (χ0) is 10.2. The van der Waals surface area contributed by atoms with Gasteiger partial charge in [-0.1, -0.05) is 26.0 Å². The fraction of sp³-hybridized carbons (Fsp3) is 0.769. The number of rotatable bonds is 0. The van der Waals surface area contributed by atoms with Crippen LogP contribution in [-0.4, -0.2) is 5.78 Å². The maximum absolute atomic E-state index is 11.9. The SMILES string of the molecule is CC1(C)CC23CCC(=O)C2(C)C=CC13. The summed E-state index contributed by atoms with van der Waals surface area (Å²) in [5.41, 5.74) is 0.652. The summed E-state index contributed by atoms with van der Waals surface area (Å²) in [5.74, 6) is 1.14. The third-order valence-corrected chi connectivity index (χ3v) is 5.24. The van der Waals surface area contributed by atoms with Crippen LogP contribution in [0.15, 0.2) is 12.2 Å². The van der Waals surface area contributed by atoms with Crippen LogP contribution in [0.5, 0.6) is 0 Å². The minimum atomic E-state index is -0.104. The minimum Gasteiger partial charge on any atom is -0.299 e. The summed E-state index contributed by atoms with van der Waals surface area (Å²) in [6.07, 6.45) is 7.71. The minimum absolute atomic E-state index is 0.104. The van der Waals surface area contributed by atoms with Crippen molar-refractivity contribution in [3.63, 3.8) is 0 Å². The Morgan fingerprint density at radius 1 is 1.36 bits per heavy atom. The van der Waals surface area contributed by atoms with Gasteiger partial charge in [0.1, 0.15) is 5.78 Å². The highest BCUT2D eigenvalue weighted by atomic mass is 16.1. The fourth-order valence-electron chi connectivity index (χ4n) is 4.53. The van der Waals surface area contributed by atoms with Crippen molar-refractivity contribution < 1.29 is 4.79 Å². The molecule has 0 radical (unpaired) electrons. The molecule has 1 nitrogen and oxygen atoms in total. The van der Waals surface area contributed by atoms with Crippen LogP contribution in [-0.2, 0) is 4.79 Å². The Kier molecular flexibility index (Phi) is 1.24. The van der Waals surface area contributed by atoms with Crippen LogP contribution in [0.4, 0.5) is 0 Å². The van der Waals surface area contributed by atoms with Gasteiger partial charge in [-0.25, -0.2) is 0 Å². The second-order valence-corrected chi connectivity index (χ2v) is 6.28. The molecule has 1 spiro atoms. The van der Waals surface area contributed by atoms with E-state index in [0.29, 0.717) is 22.5 Å². The molecule has 0 bridgehead atoms. The van der Waals surface area contributed by atoms with Crippen molar-refractivity contribution in [2.24, 2.45) is 22.2 Å². The number of hydrogen-bond donors (Lipinski definition) is 0. The maximum atomic E-state index is 11.9. The van der Waals surface area contributed by atoms with Crippen molar-refractivity contribution in [3.8, 4) is 0 Å². The average Bonchev–Trinajstić information content (AvgIpc) is 2.45. The molecular weight excluding hydrogens is 172 g/mol. The molecule has 3 rings (SSSR count). The van der Waals surface area contributed by atoms with E-state index in [9.17, 15) is 4.79 Å². The monoisotopic (exact) mass is 190 g/mol. The molecule has 3 aliphatic rings. The summed E-state index contributed by atoms with van der Waals surface area (Å²) < 4.78 is 0. The lowest BCUT2D eigenvalue weighted by molar-refractivity contribution is -0.140. The molecule has 3 atom stereocenters. The van der Waals surface area contributed by atoms with Gasteiger partial charge in [0.2, 0.25) is 0 Å². The predicted molar refractivity (Wildman–Crippen MR) is 55.8 cm³/mol. The maximum Gasteiger partial charge on any atom is 0.143 e. The highest BCUT2D eigenvalue weighted by Gasteiger charge is 2.71. The van der Waals surface area contributed by atoms with Gasteiger partial charge in [0.05, 0.1) is 5.41 Å². The quantitative estimate of drug-likeness (QED) is 0.537. The molecule has 0 heterocycles. The predicted octanol–water partition coefficient (Wildman–Crippen LogP) is 2.96. The van der Waals surface area contributed by atoms with E-state index in [2.05, 4.69) is 32.9 Å². The van der Waals surface area contributed by atoms with Crippen molar-refractivity contribution in [2.75, 3.05) is 0 Å². The molecule has 0 aliphatic heterocycles. The lowest BCUT2D eigenvalue weighted by atomic mass is 9.43. The summed E-state index contributed by atoms with van der Waals surface area (Å²) in [6.45, 7) is 6.83. The number of allylic oxidation sites excluding steroid dienone is 2. The highest BCUT2D eigenvalue weighted by Crippen LogP contribution is 2.75. The van der Waals surface area contributed by atoms with E-state index < -0.39 is 0 Å². The van der Waals surface area contributed by atoms with Crippen molar-refractivity contribution >= 4 is 5.78 Å². The van der Waals surface area contributed by atoms with Crippen LogP contribution >= 0.6 is 0 Å². The van der Waals surface area contributed by atoms with Crippen molar-refractivity contribution in [3.05, 3.63) is 12.2 Å². The Hall–Kier alpha value is -0.590. The molecule has 0 saturated heterocycles. The Bertz CT molecular complexity index is 352. The van der Waals surface area contributed by atoms with Crippen LogP contribution in [0.1, 0.15) is 40.0 Å². The normalized spacial score (nSPS) is 52.8. The van der Waals surface area contributed by atoms with E-state index in [1.807, 2.05) is 0 Å². The molecule has 0 aromatic carbocycles. The summed E-state index contributed by atoms with van der Waals surface area (Å²) >= 11 is 0. The first-order valence-electron chi connectivity index (χ1n) is 5.65. The molecule has 76 valence electrons. The van der Waals surface area contributed by atoms with Gasteiger partial charge in [-0.2, -0.15) is 0 Å². The van der Waals surface area contributed by atoms with Gasteiger partial charge in [-0.3, -0.25) is 4.79 Å². The summed E-state index contributed by atoms with van der Waals surface area (Å²) in [5, 5.41) is 0. The van der Waals surface area contributed by atoms with Gasteiger partial charge in [0.15, 0.2) is 0 Å². The Labute approximate surface area is 85.6 Å². The molecule has 3 aliphatic carbocycles. The van der Waals surface area contributed by atoms with E-state index >= 15 is 0 Å². The second-order valence-electron chi connectivity index (χ2n) is 6.28. The summed E-state index contributed by atoms with van der Waals surface area (Å²) in [7, 11) is 0. The molecule has 14 heavy (non-hydrogen) atoms. The Morgan fingerprint density at radius 2 is 2.07 bits per heavy atom. The van der Waals surface area contributed by atoms with E-state index in [0.717, 1.165) is 12.8 Å². The van der Waals surface area contributed by atoms with Crippen LogP contribution in [0, 0.1) is 22.2 Å². The average molecular weight is 190 g/mol. The molecular formula is C13H18O.